The van der Waals surface area contributed by atoms with Crippen molar-refractivity contribution >= 4 is 29.1 Å². The van der Waals surface area contributed by atoms with E-state index in [-0.39, 0.29) is 11.3 Å². The Hall–Kier alpha value is -0.730. The molecule has 4 heteroatoms. The highest BCUT2D eigenvalue weighted by Gasteiger charge is 2.20. The minimum atomic E-state index is -0.357. The van der Waals surface area contributed by atoms with Crippen molar-refractivity contribution in [1.82, 2.24) is 5.32 Å². The van der Waals surface area contributed by atoms with Crippen molar-refractivity contribution in [3.8, 4) is 0 Å². The molecule has 0 saturated carbocycles. The number of carbonyl (C=O) groups is 1. The van der Waals surface area contributed by atoms with Gasteiger partial charge in [-0.15, -0.1) is 0 Å². The first-order chi connectivity index (χ1) is 7.80. The molecule has 17 heavy (non-hydrogen) atoms. The van der Waals surface area contributed by atoms with Gasteiger partial charge in [-0.25, -0.2) is 0 Å². The molecule has 1 N–H and O–H groups in total. The number of hydrogen-bond donors (Lipinski definition) is 1. The van der Waals surface area contributed by atoms with E-state index in [9.17, 15) is 4.79 Å². The molecule has 0 atom stereocenters. The Balaban J connectivity index is 2.49. The van der Waals surface area contributed by atoms with E-state index < -0.39 is 0 Å². The Bertz CT molecular complexity index is 410. The Morgan fingerprint density at radius 1 is 1.29 bits per heavy atom. The van der Waals surface area contributed by atoms with Gasteiger partial charge in [0.05, 0.1) is 0 Å². The van der Waals surface area contributed by atoms with Crippen LogP contribution in [-0.4, -0.2) is 12.5 Å². The van der Waals surface area contributed by atoms with Gasteiger partial charge in [-0.3, -0.25) is 4.79 Å². The number of carbonyl (C=O) groups excluding carboxylic acids is 1. The zero-order valence-corrected chi connectivity index (χ0v) is 11.8. The van der Waals surface area contributed by atoms with Gasteiger partial charge in [0.2, 0.25) is 5.91 Å². The lowest BCUT2D eigenvalue weighted by Crippen LogP contribution is -2.35. The zero-order valence-electron chi connectivity index (χ0n) is 10.3. The minimum absolute atomic E-state index is 0.0441. The Kier molecular flexibility index (Phi) is 4.84. The standard InChI is InChI=1S/C13H17Cl2NO/c1-13(2,3)12(17)16-7-6-9-4-5-10(14)8-11(9)15/h4-5,8H,6-7H2,1-3H3,(H,16,17). The summed E-state index contributed by atoms with van der Waals surface area (Å²) in [4.78, 5) is 11.6. The van der Waals surface area contributed by atoms with Crippen molar-refractivity contribution in [3.63, 3.8) is 0 Å². The van der Waals surface area contributed by atoms with Crippen molar-refractivity contribution in [2.45, 2.75) is 27.2 Å². The number of hydrogen-bond acceptors (Lipinski definition) is 1. The van der Waals surface area contributed by atoms with Gasteiger partial charge in [0.15, 0.2) is 0 Å². The van der Waals surface area contributed by atoms with Gasteiger partial charge in [-0.1, -0.05) is 50.0 Å². The SMILES string of the molecule is CC(C)(C)C(=O)NCCc1ccc(Cl)cc1Cl. The van der Waals surface area contributed by atoms with Crippen LogP contribution in [0.3, 0.4) is 0 Å². The number of halogens is 2. The number of benzene rings is 1. The second-order valence-corrected chi connectivity index (χ2v) is 5.84. The number of nitrogens with one attached hydrogen (secondary N) is 1. The second kappa shape index (κ2) is 5.74. The Morgan fingerprint density at radius 2 is 1.94 bits per heavy atom. The van der Waals surface area contributed by atoms with Crippen LogP contribution in [-0.2, 0) is 11.2 Å². The van der Waals surface area contributed by atoms with Gasteiger partial charge in [0, 0.05) is 22.0 Å². The van der Waals surface area contributed by atoms with E-state index in [0.717, 1.165) is 5.56 Å². The highest BCUT2D eigenvalue weighted by Crippen LogP contribution is 2.21. The van der Waals surface area contributed by atoms with Crippen LogP contribution in [0.4, 0.5) is 0 Å². The normalized spacial score (nSPS) is 11.4. The van der Waals surface area contributed by atoms with Crippen LogP contribution in [0.25, 0.3) is 0 Å². The quantitative estimate of drug-likeness (QED) is 0.894. The third-order valence-corrected chi connectivity index (χ3v) is 2.96. The molecule has 1 rings (SSSR count). The molecule has 0 bridgehead atoms. The van der Waals surface area contributed by atoms with Crippen LogP contribution in [0.15, 0.2) is 18.2 Å². The molecule has 0 aliphatic rings. The molecule has 0 aromatic heterocycles. The number of amides is 1. The first-order valence-electron chi connectivity index (χ1n) is 5.53. The van der Waals surface area contributed by atoms with Crippen molar-refractivity contribution in [2.75, 3.05) is 6.54 Å². The summed E-state index contributed by atoms with van der Waals surface area (Å²) >= 11 is 11.8. The molecule has 0 fully saturated rings. The average molecular weight is 274 g/mol. The van der Waals surface area contributed by atoms with E-state index in [2.05, 4.69) is 5.32 Å². The van der Waals surface area contributed by atoms with Crippen LogP contribution in [0, 0.1) is 5.41 Å². The molecule has 0 aliphatic carbocycles. The van der Waals surface area contributed by atoms with E-state index in [1.807, 2.05) is 26.8 Å². The predicted molar refractivity (Wildman–Crippen MR) is 72.6 cm³/mol. The van der Waals surface area contributed by atoms with Crippen molar-refractivity contribution in [1.29, 1.82) is 0 Å². The molecule has 0 radical (unpaired) electrons. The molecular weight excluding hydrogens is 257 g/mol. The van der Waals surface area contributed by atoms with E-state index in [0.29, 0.717) is 23.0 Å². The van der Waals surface area contributed by atoms with Gasteiger partial charge in [0.25, 0.3) is 0 Å². The zero-order chi connectivity index (χ0) is 13.1. The maximum absolute atomic E-state index is 11.6. The molecule has 0 heterocycles. The fourth-order valence-corrected chi connectivity index (χ4v) is 1.80. The fraction of sp³-hybridized carbons (Fsp3) is 0.462. The van der Waals surface area contributed by atoms with Crippen LogP contribution in [0.2, 0.25) is 10.0 Å². The van der Waals surface area contributed by atoms with Crippen molar-refractivity contribution in [2.24, 2.45) is 5.41 Å². The van der Waals surface area contributed by atoms with Gasteiger partial charge in [-0.2, -0.15) is 0 Å². The second-order valence-electron chi connectivity index (χ2n) is 4.99. The molecular formula is C13H17Cl2NO. The summed E-state index contributed by atoms with van der Waals surface area (Å²) in [6.07, 6.45) is 0.706. The third kappa shape index (κ3) is 4.57. The Labute approximate surface area is 112 Å². The molecule has 2 nitrogen and oxygen atoms in total. The summed E-state index contributed by atoms with van der Waals surface area (Å²) in [5, 5.41) is 4.15. The summed E-state index contributed by atoms with van der Waals surface area (Å²) in [7, 11) is 0. The minimum Gasteiger partial charge on any atom is -0.355 e. The number of rotatable bonds is 3. The highest BCUT2D eigenvalue weighted by molar-refractivity contribution is 6.35. The largest absolute Gasteiger partial charge is 0.355 e. The van der Waals surface area contributed by atoms with Crippen LogP contribution >= 0.6 is 23.2 Å². The topological polar surface area (TPSA) is 29.1 Å². The molecule has 1 amide bonds. The summed E-state index contributed by atoms with van der Waals surface area (Å²) < 4.78 is 0. The lowest BCUT2D eigenvalue weighted by molar-refractivity contribution is -0.128. The van der Waals surface area contributed by atoms with E-state index >= 15 is 0 Å². The van der Waals surface area contributed by atoms with E-state index in [1.54, 1.807) is 12.1 Å². The van der Waals surface area contributed by atoms with Gasteiger partial charge in [0.1, 0.15) is 0 Å². The molecule has 1 aromatic carbocycles. The molecule has 1 aromatic rings. The summed E-state index contributed by atoms with van der Waals surface area (Å²) in [5.41, 5.74) is 0.634. The summed E-state index contributed by atoms with van der Waals surface area (Å²) in [6, 6.07) is 5.40. The van der Waals surface area contributed by atoms with Crippen LogP contribution in [0.5, 0.6) is 0 Å². The van der Waals surface area contributed by atoms with Crippen molar-refractivity contribution < 1.29 is 4.79 Å². The summed E-state index contributed by atoms with van der Waals surface area (Å²) in [6.45, 7) is 6.24. The maximum Gasteiger partial charge on any atom is 0.225 e. The molecule has 0 unspecified atom stereocenters. The van der Waals surface area contributed by atoms with Gasteiger partial charge < -0.3 is 5.32 Å². The monoisotopic (exact) mass is 273 g/mol. The summed E-state index contributed by atoms with van der Waals surface area (Å²) in [5.74, 6) is 0.0441. The van der Waals surface area contributed by atoms with Gasteiger partial charge in [-0.05, 0) is 24.1 Å². The first-order valence-corrected chi connectivity index (χ1v) is 6.28. The van der Waals surface area contributed by atoms with Crippen LogP contribution < -0.4 is 5.32 Å². The predicted octanol–water partition coefficient (Wildman–Crippen LogP) is 3.70. The Morgan fingerprint density at radius 3 is 2.47 bits per heavy atom. The van der Waals surface area contributed by atoms with Crippen molar-refractivity contribution in [3.05, 3.63) is 33.8 Å². The smallest absolute Gasteiger partial charge is 0.225 e. The van der Waals surface area contributed by atoms with Crippen LogP contribution in [0.1, 0.15) is 26.3 Å². The molecule has 94 valence electrons. The van der Waals surface area contributed by atoms with E-state index in [4.69, 9.17) is 23.2 Å². The highest BCUT2D eigenvalue weighted by atomic mass is 35.5. The van der Waals surface area contributed by atoms with Gasteiger partial charge >= 0.3 is 0 Å². The van der Waals surface area contributed by atoms with E-state index in [1.165, 1.54) is 0 Å². The maximum atomic E-state index is 11.6. The third-order valence-electron chi connectivity index (χ3n) is 2.38. The molecule has 0 aliphatic heterocycles. The fourth-order valence-electron chi connectivity index (χ4n) is 1.30. The molecule has 0 saturated heterocycles. The molecule has 0 spiro atoms. The lowest BCUT2D eigenvalue weighted by Gasteiger charge is -2.17. The average Bonchev–Trinajstić information content (AvgIpc) is 2.19. The first kappa shape index (κ1) is 14.3. The lowest BCUT2D eigenvalue weighted by atomic mass is 9.95.